The Labute approximate surface area is 75.6 Å². The van der Waals surface area contributed by atoms with E-state index in [1.54, 1.807) is 18.4 Å². The zero-order valence-electron chi connectivity index (χ0n) is 6.91. The Kier molecular flexibility index (Phi) is 3.25. The van der Waals surface area contributed by atoms with E-state index in [-0.39, 0.29) is 11.9 Å². The molecule has 4 heteroatoms. The van der Waals surface area contributed by atoms with Crippen molar-refractivity contribution < 1.29 is 4.79 Å². The summed E-state index contributed by atoms with van der Waals surface area (Å²) >= 11 is 1.58. The maximum Gasteiger partial charge on any atom is 0.221 e. The van der Waals surface area contributed by atoms with Crippen LogP contribution in [0, 0.1) is 0 Å². The molecule has 1 atom stereocenters. The van der Waals surface area contributed by atoms with Gasteiger partial charge in [0, 0.05) is 24.4 Å². The van der Waals surface area contributed by atoms with E-state index < -0.39 is 0 Å². The number of hydrogen-bond donors (Lipinski definition) is 2. The number of rotatable bonds is 3. The predicted molar refractivity (Wildman–Crippen MR) is 49.9 cm³/mol. The van der Waals surface area contributed by atoms with E-state index in [4.69, 9.17) is 5.73 Å². The van der Waals surface area contributed by atoms with E-state index in [0.717, 1.165) is 4.88 Å². The van der Waals surface area contributed by atoms with Gasteiger partial charge in [-0.25, -0.2) is 0 Å². The molecule has 0 aromatic carbocycles. The second-order valence-corrected chi connectivity index (χ2v) is 3.48. The standard InChI is InChI=1S/C8H12N2OS/c1-10-8(11)5-6(9)7-3-2-4-12-7/h2-4,6H,5,9H2,1H3,(H,10,11). The quantitative estimate of drug-likeness (QED) is 0.732. The van der Waals surface area contributed by atoms with Gasteiger partial charge in [0.15, 0.2) is 0 Å². The van der Waals surface area contributed by atoms with E-state index in [0.29, 0.717) is 6.42 Å². The first-order valence-electron chi connectivity index (χ1n) is 3.73. The van der Waals surface area contributed by atoms with Crippen molar-refractivity contribution in [2.24, 2.45) is 5.73 Å². The van der Waals surface area contributed by atoms with Gasteiger partial charge in [-0.15, -0.1) is 11.3 Å². The van der Waals surface area contributed by atoms with Gasteiger partial charge >= 0.3 is 0 Å². The van der Waals surface area contributed by atoms with Crippen LogP contribution in [0.2, 0.25) is 0 Å². The fourth-order valence-corrected chi connectivity index (χ4v) is 1.63. The summed E-state index contributed by atoms with van der Waals surface area (Å²) in [6.07, 6.45) is 0.358. The third kappa shape index (κ3) is 2.32. The minimum Gasteiger partial charge on any atom is -0.359 e. The third-order valence-corrected chi connectivity index (χ3v) is 2.60. The summed E-state index contributed by atoms with van der Waals surface area (Å²) in [5, 5.41) is 4.50. The van der Waals surface area contributed by atoms with Crippen LogP contribution in [0.1, 0.15) is 17.3 Å². The van der Waals surface area contributed by atoms with Crippen molar-refractivity contribution in [3.8, 4) is 0 Å². The molecule has 0 aliphatic rings. The second kappa shape index (κ2) is 4.23. The molecule has 0 aliphatic carbocycles. The summed E-state index contributed by atoms with van der Waals surface area (Å²) in [6.45, 7) is 0. The normalized spacial score (nSPS) is 12.5. The van der Waals surface area contributed by atoms with Crippen molar-refractivity contribution in [2.45, 2.75) is 12.5 Å². The molecule has 3 nitrogen and oxygen atoms in total. The molecule has 66 valence electrons. The number of amides is 1. The molecule has 0 radical (unpaired) electrons. The molecule has 0 spiro atoms. The van der Waals surface area contributed by atoms with Crippen molar-refractivity contribution in [3.05, 3.63) is 22.4 Å². The Hall–Kier alpha value is -0.870. The van der Waals surface area contributed by atoms with Gasteiger partial charge in [0.2, 0.25) is 5.91 Å². The molecule has 1 amide bonds. The molecule has 1 unspecified atom stereocenters. The predicted octanol–water partition coefficient (Wildman–Crippen LogP) is 0.884. The molecule has 1 rings (SSSR count). The molecule has 0 fully saturated rings. The fraction of sp³-hybridized carbons (Fsp3) is 0.375. The second-order valence-electron chi connectivity index (χ2n) is 2.50. The van der Waals surface area contributed by atoms with Crippen LogP contribution in [-0.4, -0.2) is 13.0 Å². The van der Waals surface area contributed by atoms with E-state index in [2.05, 4.69) is 5.32 Å². The lowest BCUT2D eigenvalue weighted by atomic mass is 10.2. The molecular formula is C8H12N2OS. The molecule has 12 heavy (non-hydrogen) atoms. The minimum atomic E-state index is -0.162. The highest BCUT2D eigenvalue weighted by Gasteiger charge is 2.10. The van der Waals surface area contributed by atoms with Gasteiger partial charge in [0.05, 0.1) is 0 Å². The highest BCUT2D eigenvalue weighted by Crippen LogP contribution is 2.18. The molecule has 0 saturated heterocycles. The number of nitrogens with two attached hydrogens (primary N) is 1. The Bertz CT molecular complexity index is 246. The molecule has 3 N–H and O–H groups in total. The van der Waals surface area contributed by atoms with Crippen molar-refractivity contribution in [1.82, 2.24) is 5.32 Å². The molecule has 1 aromatic heterocycles. The summed E-state index contributed by atoms with van der Waals surface area (Å²) in [7, 11) is 1.61. The zero-order chi connectivity index (χ0) is 8.97. The highest BCUT2D eigenvalue weighted by molar-refractivity contribution is 7.10. The van der Waals surface area contributed by atoms with Crippen LogP contribution in [0.3, 0.4) is 0 Å². The van der Waals surface area contributed by atoms with Crippen molar-refractivity contribution in [2.75, 3.05) is 7.05 Å². The first-order chi connectivity index (χ1) is 5.74. The largest absolute Gasteiger partial charge is 0.359 e. The Balaban J connectivity index is 2.49. The SMILES string of the molecule is CNC(=O)CC(N)c1cccs1. The fourth-order valence-electron chi connectivity index (χ4n) is 0.905. The van der Waals surface area contributed by atoms with Crippen molar-refractivity contribution >= 4 is 17.2 Å². The average molecular weight is 184 g/mol. The zero-order valence-corrected chi connectivity index (χ0v) is 7.73. The maximum atomic E-state index is 10.9. The van der Waals surface area contributed by atoms with Gasteiger partial charge in [0.25, 0.3) is 0 Å². The molecule has 1 aromatic rings. The molecule has 0 saturated carbocycles. The van der Waals surface area contributed by atoms with Gasteiger partial charge in [0.1, 0.15) is 0 Å². The van der Waals surface area contributed by atoms with Gasteiger partial charge in [-0.1, -0.05) is 6.07 Å². The molecule has 1 heterocycles. The van der Waals surface area contributed by atoms with E-state index in [1.807, 2.05) is 17.5 Å². The van der Waals surface area contributed by atoms with E-state index in [9.17, 15) is 4.79 Å². The smallest absolute Gasteiger partial charge is 0.221 e. The lowest BCUT2D eigenvalue weighted by Gasteiger charge is -2.07. The van der Waals surface area contributed by atoms with Crippen LogP contribution in [0.25, 0.3) is 0 Å². The van der Waals surface area contributed by atoms with Crippen molar-refractivity contribution in [1.29, 1.82) is 0 Å². The van der Waals surface area contributed by atoms with E-state index >= 15 is 0 Å². The number of nitrogens with one attached hydrogen (secondary N) is 1. The van der Waals surface area contributed by atoms with Crippen LogP contribution in [0.15, 0.2) is 17.5 Å². The molecule has 0 bridgehead atoms. The Morgan fingerprint density at radius 3 is 3.08 bits per heavy atom. The van der Waals surface area contributed by atoms with Crippen LogP contribution in [0.5, 0.6) is 0 Å². The van der Waals surface area contributed by atoms with Gasteiger partial charge in [-0.05, 0) is 11.4 Å². The lowest BCUT2D eigenvalue weighted by molar-refractivity contribution is -0.120. The summed E-state index contributed by atoms with van der Waals surface area (Å²) < 4.78 is 0. The van der Waals surface area contributed by atoms with Gasteiger partial charge in [-0.3, -0.25) is 4.79 Å². The third-order valence-electron chi connectivity index (χ3n) is 1.59. The molecule has 0 aliphatic heterocycles. The first kappa shape index (κ1) is 9.22. The Morgan fingerprint density at radius 2 is 2.58 bits per heavy atom. The number of hydrogen-bond acceptors (Lipinski definition) is 3. The van der Waals surface area contributed by atoms with Crippen LogP contribution < -0.4 is 11.1 Å². The van der Waals surface area contributed by atoms with Crippen molar-refractivity contribution in [3.63, 3.8) is 0 Å². The first-order valence-corrected chi connectivity index (χ1v) is 4.61. The summed E-state index contributed by atoms with van der Waals surface area (Å²) in [5.41, 5.74) is 5.77. The Morgan fingerprint density at radius 1 is 1.83 bits per heavy atom. The van der Waals surface area contributed by atoms with Gasteiger partial charge < -0.3 is 11.1 Å². The number of thiophene rings is 1. The van der Waals surface area contributed by atoms with Crippen LogP contribution in [-0.2, 0) is 4.79 Å². The van der Waals surface area contributed by atoms with Crippen LogP contribution in [0.4, 0.5) is 0 Å². The molecular weight excluding hydrogens is 172 g/mol. The monoisotopic (exact) mass is 184 g/mol. The topological polar surface area (TPSA) is 55.1 Å². The van der Waals surface area contributed by atoms with Gasteiger partial charge in [-0.2, -0.15) is 0 Å². The summed E-state index contributed by atoms with van der Waals surface area (Å²) in [5.74, 6) is -0.0177. The van der Waals surface area contributed by atoms with Crippen LogP contribution >= 0.6 is 11.3 Å². The van der Waals surface area contributed by atoms with E-state index in [1.165, 1.54) is 0 Å². The number of carbonyl (C=O) groups excluding carboxylic acids is 1. The average Bonchev–Trinajstić information content (AvgIpc) is 2.56. The highest BCUT2D eigenvalue weighted by atomic mass is 32.1. The summed E-state index contributed by atoms with van der Waals surface area (Å²) in [4.78, 5) is 12.0. The lowest BCUT2D eigenvalue weighted by Crippen LogP contribution is -2.23. The minimum absolute atomic E-state index is 0.0177. The number of carbonyl (C=O) groups is 1. The summed E-state index contributed by atoms with van der Waals surface area (Å²) in [6, 6.07) is 3.71. The maximum absolute atomic E-state index is 10.9.